The minimum absolute atomic E-state index is 0.218. The van der Waals surface area contributed by atoms with Crippen molar-refractivity contribution in [2.45, 2.75) is 45.3 Å². The summed E-state index contributed by atoms with van der Waals surface area (Å²) in [6.45, 7) is 7.85. The smallest absolute Gasteiger partial charge is 0.282 e. The maximum atomic E-state index is 14.8. The third kappa shape index (κ3) is 3.37. The van der Waals surface area contributed by atoms with Crippen LogP contribution in [0, 0.1) is 5.82 Å². The van der Waals surface area contributed by atoms with Crippen LogP contribution in [0.1, 0.15) is 49.3 Å². The highest BCUT2D eigenvalue weighted by Crippen LogP contribution is 2.32. The quantitative estimate of drug-likeness (QED) is 0.725. The van der Waals surface area contributed by atoms with Gasteiger partial charge in [0.15, 0.2) is 5.21 Å². The zero-order valence-electron chi connectivity index (χ0n) is 16.0. The van der Waals surface area contributed by atoms with Crippen LogP contribution in [0.4, 0.5) is 4.39 Å². The summed E-state index contributed by atoms with van der Waals surface area (Å²) in [4.78, 5) is 2.29. The number of benzene rings is 2. The lowest BCUT2D eigenvalue weighted by atomic mass is 9.95. The van der Waals surface area contributed by atoms with E-state index in [1.807, 2.05) is 16.8 Å². The molecule has 1 N–H and O–H groups in total. The van der Waals surface area contributed by atoms with Crippen molar-refractivity contribution < 1.29 is 9.07 Å². The van der Waals surface area contributed by atoms with Crippen molar-refractivity contribution in [2.75, 3.05) is 6.54 Å². The van der Waals surface area contributed by atoms with Gasteiger partial charge in [0.1, 0.15) is 22.5 Å². The molecule has 0 spiro atoms. The van der Waals surface area contributed by atoms with Crippen LogP contribution < -0.4 is 4.68 Å². The Kier molecular flexibility index (Phi) is 4.52. The fourth-order valence-electron chi connectivity index (χ4n) is 3.82. The van der Waals surface area contributed by atoms with Crippen LogP contribution in [0.5, 0.6) is 0 Å². The van der Waals surface area contributed by atoms with E-state index in [0.29, 0.717) is 5.56 Å². The van der Waals surface area contributed by atoms with Gasteiger partial charge < -0.3 is 0 Å². The Morgan fingerprint density at radius 2 is 1.78 bits per heavy atom. The van der Waals surface area contributed by atoms with Crippen LogP contribution in [0.3, 0.4) is 0 Å². The number of aromatic amines is 1. The molecule has 1 aromatic heterocycles. The summed E-state index contributed by atoms with van der Waals surface area (Å²) in [6.07, 6.45) is 0.939. The van der Waals surface area contributed by atoms with Gasteiger partial charge in [-0.25, -0.2) is 4.39 Å². The molecular weight excluding hydrogens is 341 g/mol. The Balaban J connectivity index is 1.82. The molecule has 1 unspecified atom stereocenters. The molecule has 27 heavy (non-hydrogen) atoms. The van der Waals surface area contributed by atoms with Crippen LogP contribution >= 0.6 is 0 Å². The fourth-order valence-corrected chi connectivity index (χ4v) is 3.82. The Bertz CT molecular complexity index is 943. The standard InChI is InChI=1S/C21H24FN5/c1-21(2,3)27-20(23-24-25-27)19(17-10-6-7-11-18(17)22)26-13-12-15-8-4-5-9-16(15)14-26/h4-11,19H,12-14H2,1-3H3/p+1. The molecule has 2 heterocycles. The molecule has 0 fully saturated rings. The average Bonchev–Trinajstić information content (AvgIpc) is 3.13. The first-order valence-corrected chi connectivity index (χ1v) is 9.34. The maximum Gasteiger partial charge on any atom is 0.323 e. The van der Waals surface area contributed by atoms with Gasteiger partial charge in [0.25, 0.3) is 0 Å². The molecular formula is C21H25FN5+. The first-order chi connectivity index (χ1) is 12.9. The summed E-state index contributed by atoms with van der Waals surface area (Å²) in [5.41, 5.74) is 3.04. The zero-order chi connectivity index (χ0) is 19.0. The van der Waals surface area contributed by atoms with Gasteiger partial charge >= 0.3 is 5.82 Å². The highest BCUT2D eigenvalue weighted by Gasteiger charge is 2.39. The molecule has 0 aliphatic carbocycles. The molecule has 1 aliphatic heterocycles. The van der Waals surface area contributed by atoms with E-state index in [4.69, 9.17) is 0 Å². The van der Waals surface area contributed by atoms with Crippen LogP contribution in [0.25, 0.3) is 0 Å². The van der Waals surface area contributed by atoms with Gasteiger partial charge in [-0.3, -0.25) is 4.90 Å². The lowest BCUT2D eigenvalue weighted by Crippen LogP contribution is -2.56. The van der Waals surface area contributed by atoms with E-state index in [1.54, 1.807) is 6.07 Å². The normalized spacial score (nSPS) is 16.1. The van der Waals surface area contributed by atoms with E-state index in [1.165, 1.54) is 17.2 Å². The number of H-pyrrole nitrogens is 1. The summed E-state index contributed by atoms with van der Waals surface area (Å²) in [6, 6.07) is 15.1. The minimum atomic E-state index is -0.308. The highest BCUT2D eigenvalue weighted by molar-refractivity contribution is 5.31. The maximum absolute atomic E-state index is 14.8. The van der Waals surface area contributed by atoms with E-state index in [-0.39, 0.29) is 17.4 Å². The second-order valence-corrected chi connectivity index (χ2v) is 8.08. The average molecular weight is 366 g/mol. The predicted octanol–water partition coefficient (Wildman–Crippen LogP) is 3.13. The number of fused-ring (bicyclic) bond motifs is 1. The number of hydrogen-bond donors (Lipinski definition) is 1. The monoisotopic (exact) mass is 366 g/mol. The molecule has 1 atom stereocenters. The highest BCUT2D eigenvalue weighted by atomic mass is 19.1. The third-order valence-corrected chi connectivity index (χ3v) is 5.17. The number of hydrogen-bond acceptors (Lipinski definition) is 3. The summed E-state index contributed by atoms with van der Waals surface area (Å²) in [5, 5.41) is 11.4. The van der Waals surface area contributed by atoms with Gasteiger partial charge in [-0.1, -0.05) is 47.7 Å². The molecule has 5 nitrogen and oxygen atoms in total. The van der Waals surface area contributed by atoms with Crippen LogP contribution in [0.2, 0.25) is 0 Å². The second-order valence-electron chi connectivity index (χ2n) is 8.08. The zero-order valence-corrected chi connectivity index (χ0v) is 16.0. The third-order valence-electron chi connectivity index (χ3n) is 5.17. The number of tetrazole rings is 1. The number of nitrogens with one attached hydrogen (secondary N) is 1. The minimum Gasteiger partial charge on any atom is -0.282 e. The van der Waals surface area contributed by atoms with Gasteiger partial charge in [-0.05, 0) is 44.4 Å². The molecule has 140 valence electrons. The van der Waals surface area contributed by atoms with Gasteiger partial charge in [0, 0.05) is 18.7 Å². The van der Waals surface area contributed by atoms with Gasteiger partial charge in [0.2, 0.25) is 0 Å². The molecule has 0 saturated heterocycles. The molecule has 0 radical (unpaired) electrons. The van der Waals surface area contributed by atoms with E-state index in [0.717, 1.165) is 25.3 Å². The van der Waals surface area contributed by atoms with Crippen molar-refractivity contribution in [3.63, 3.8) is 0 Å². The molecule has 1 aliphatic rings. The molecule has 0 saturated carbocycles. The number of nitrogens with zero attached hydrogens (tertiary/aromatic N) is 4. The van der Waals surface area contributed by atoms with E-state index in [2.05, 4.69) is 65.5 Å². The number of aromatic nitrogens is 4. The lowest BCUT2D eigenvalue weighted by Gasteiger charge is -2.34. The Labute approximate surface area is 158 Å². The summed E-state index contributed by atoms with van der Waals surface area (Å²) >= 11 is 0. The van der Waals surface area contributed by atoms with Crippen molar-refractivity contribution in [1.29, 1.82) is 0 Å². The molecule has 0 bridgehead atoms. The molecule has 4 rings (SSSR count). The van der Waals surface area contributed by atoms with E-state index >= 15 is 0 Å². The van der Waals surface area contributed by atoms with Crippen LogP contribution in [0.15, 0.2) is 48.5 Å². The molecule has 2 aromatic carbocycles. The Morgan fingerprint density at radius 1 is 1.07 bits per heavy atom. The second kappa shape index (κ2) is 6.85. The summed E-state index contributed by atoms with van der Waals surface area (Å²) in [5.74, 6) is 0.511. The molecule has 6 heteroatoms. The Hall–Kier alpha value is -2.60. The number of halogens is 1. The SMILES string of the molecule is CC(C)(C)[n+]1[nH]nnc1C(c1ccccc1F)N1CCc2ccccc2C1. The number of rotatable bonds is 3. The van der Waals surface area contributed by atoms with Crippen LogP contribution in [-0.4, -0.2) is 27.0 Å². The molecule has 0 amide bonds. The predicted molar refractivity (Wildman–Crippen MR) is 100 cm³/mol. The topological polar surface area (TPSA) is 48.7 Å². The molecule has 3 aromatic rings. The van der Waals surface area contributed by atoms with E-state index < -0.39 is 0 Å². The van der Waals surface area contributed by atoms with Crippen molar-refractivity contribution in [2.24, 2.45) is 0 Å². The van der Waals surface area contributed by atoms with Crippen molar-refractivity contribution >= 4 is 0 Å². The van der Waals surface area contributed by atoms with Crippen molar-refractivity contribution in [3.8, 4) is 0 Å². The largest absolute Gasteiger partial charge is 0.323 e. The fraction of sp³-hybridized carbons (Fsp3) is 0.381. The van der Waals surface area contributed by atoms with Crippen molar-refractivity contribution in [1.82, 2.24) is 20.4 Å². The van der Waals surface area contributed by atoms with Crippen LogP contribution in [-0.2, 0) is 18.5 Å². The Morgan fingerprint density at radius 3 is 2.52 bits per heavy atom. The summed E-state index contributed by atoms with van der Waals surface area (Å²) < 4.78 is 16.8. The first kappa shape index (κ1) is 17.8. The van der Waals surface area contributed by atoms with Gasteiger partial charge in [-0.2, -0.15) is 4.68 Å². The summed E-state index contributed by atoms with van der Waals surface area (Å²) in [7, 11) is 0. The van der Waals surface area contributed by atoms with E-state index in [9.17, 15) is 4.39 Å². The first-order valence-electron chi connectivity index (χ1n) is 9.34. The van der Waals surface area contributed by atoms with Gasteiger partial charge in [0.05, 0.1) is 0 Å². The van der Waals surface area contributed by atoms with Gasteiger partial charge in [-0.15, -0.1) is 0 Å². The lowest BCUT2D eigenvalue weighted by molar-refractivity contribution is -0.813. The van der Waals surface area contributed by atoms with Crippen molar-refractivity contribution in [3.05, 3.63) is 76.9 Å².